The van der Waals surface area contributed by atoms with Crippen LogP contribution in [0.2, 0.25) is 0 Å². The molecule has 0 aliphatic carbocycles. The minimum atomic E-state index is -0.667. The van der Waals surface area contributed by atoms with Gasteiger partial charge >= 0.3 is 0 Å². The van der Waals surface area contributed by atoms with Crippen LogP contribution in [0.15, 0.2) is 48.5 Å². The number of amides is 2. The Kier molecular flexibility index (Phi) is 3.97. The molecule has 1 saturated heterocycles. The van der Waals surface area contributed by atoms with Gasteiger partial charge in [-0.3, -0.25) is 9.59 Å². The van der Waals surface area contributed by atoms with Crippen LogP contribution in [-0.2, 0) is 9.59 Å². The summed E-state index contributed by atoms with van der Waals surface area (Å²) in [5.74, 6) is -0.538. The number of imide groups is 1. The summed E-state index contributed by atoms with van der Waals surface area (Å²) in [6, 6.07) is 11.8. The number of carbonyl (C=O) groups excluding carboxylic acids is 2. The molecular formula is C17H15FN2O3. The minimum Gasteiger partial charge on any atom is -0.497 e. The van der Waals surface area contributed by atoms with Crippen molar-refractivity contribution in [3.05, 3.63) is 54.3 Å². The first-order valence-electron chi connectivity index (χ1n) is 7.11. The number of nitrogens with one attached hydrogen (secondary N) is 1. The van der Waals surface area contributed by atoms with E-state index in [1.54, 1.807) is 31.4 Å². The highest BCUT2D eigenvalue weighted by molar-refractivity contribution is 6.23. The molecule has 0 radical (unpaired) electrons. The third kappa shape index (κ3) is 3.01. The normalized spacial score (nSPS) is 17.5. The maximum Gasteiger partial charge on any atom is 0.256 e. The van der Waals surface area contributed by atoms with Crippen LogP contribution in [0.4, 0.5) is 15.8 Å². The zero-order chi connectivity index (χ0) is 16.4. The molecule has 118 valence electrons. The highest BCUT2D eigenvalue weighted by atomic mass is 19.1. The van der Waals surface area contributed by atoms with E-state index in [-0.39, 0.29) is 18.0 Å². The molecule has 23 heavy (non-hydrogen) atoms. The molecule has 1 heterocycles. The third-order valence-electron chi connectivity index (χ3n) is 3.64. The van der Waals surface area contributed by atoms with Crippen molar-refractivity contribution in [3.63, 3.8) is 0 Å². The number of methoxy groups -OCH3 is 1. The molecule has 0 aromatic heterocycles. The summed E-state index contributed by atoms with van der Waals surface area (Å²) in [6.45, 7) is 0. The van der Waals surface area contributed by atoms with E-state index in [4.69, 9.17) is 4.74 Å². The van der Waals surface area contributed by atoms with Gasteiger partial charge in [-0.2, -0.15) is 0 Å². The number of hydrogen-bond acceptors (Lipinski definition) is 4. The number of benzene rings is 2. The lowest BCUT2D eigenvalue weighted by Crippen LogP contribution is -2.34. The van der Waals surface area contributed by atoms with Gasteiger partial charge in [0.1, 0.15) is 17.6 Å². The number of anilines is 2. The Hall–Kier alpha value is -2.89. The monoisotopic (exact) mass is 314 g/mol. The topological polar surface area (TPSA) is 58.6 Å². The number of nitrogens with zero attached hydrogens (tertiary/aromatic N) is 1. The van der Waals surface area contributed by atoms with Crippen molar-refractivity contribution in [2.75, 3.05) is 17.3 Å². The molecule has 1 aliphatic rings. The van der Waals surface area contributed by atoms with Crippen LogP contribution in [-0.4, -0.2) is 25.0 Å². The summed E-state index contributed by atoms with van der Waals surface area (Å²) < 4.78 is 18.4. The second-order valence-corrected chi connectivity index (χ2v) is 5.18. The van der Waals surface area contributed by atoms with Crippen LogP contribution in [0.1, 0.15) is 6.42 Å². The molecule has 3 rings (SSSR count). The number of ether oxygens (including phenoxy) is 1. The predicted octanol–water partition coefficient (Wildman–Crippen LogP) is 2.58. The van der Waals surface area contributed by atoms with E-state index in [1.807, 2.05) is 0 Å². The summed E-state index contributed by atoms with van der Waals surface area (Å²) >= 11 is 0. The van der Waals surface area contributed by atoms with Crippen LogP contribution in [0.3, 0.4) is 0 Å². The van der Waals surface area contributed by atoms with Crippen LogP contribution < -0.4 is 15.0 Å². The average Bonchev–Trinajstić information content (AvgIpc) is 2.82. The molecule has 0 unspecified atom stereocenters. The Morgan fingerprint density at radius 3 is 2.57 bits per heavy atom. The number of rotatable bonds is 4. The smallest absolute Gasteiger partial charge is 0.256 e. The highest BCUT2D eigenvalue weighted by Crippen LogP contribution is 2.26. The van der Waals surface area contributed by atoms with Crippen molar-refractivity contribution in [2.24, 2.45) is 0 Å². The van der Waals surface area contributed by atoms with Gasteiger partial charge in [0.05, 0.1) is 19.2 Å². The van der Waals surface area contributed by atoms with E-state index in [2.05, 4.69) is 5.32 Å². The molecule has 0 bridgehead atoms. The number of carbonyl (C=O) groups is 2. The SMILES string of the molecule is COc1ccc(N[C@@H]2CC(=O)N(c3cccc(F)c3)C2=O)cc1. The van der Waals surface area contributed by atoms with Gasteiger partial charge < -0.3 is 10.1 Å². The summed E-state index contributed by atoms with van der Waals surface area (Å²) in [5, 5.41) is 3.03. The lowest BCUT2D eigenvalue weighted by molar-refractivity contribution is -0.121. The minimum absolute atomic E-state index is 0.0291. The van der Waals surface area contributed by atoms with Gasteiger partial charge in [-0.25, -0.2) is 9.29 Å². The van der Waals surface area contributed by atoms with Crippen LogP contribution >= 0.6 is 0 Å². The molecule has 5 nitrogen and oxygen atoms in total. The Morgan fingerprint density at radius 1 is 1.17 bits per heavy atom. The van der Waals surface area contributed by atoms with Gasteiger partial charge in [0.2, 0.25) is 5.91 Å². The van der Waals surface area contributed by atoms with E-state index in [1.165, 1.54) is 24.3 Å². The zero-order valence-corrected chi connectivity index (χ0v) is 12.5. The fourth-order valence-corrected chi connectivity index (χ4v) is 2.52. The summed E-state index contributed by atoms with van der Waals surface area (Å²) in [5.41, 5.74) is 0.956. The molecule has 0 saturated carbocycles. The van der Waals surface area contributed by atoms with E-state index in [9.17, 15) is 14.0 Å². The molecule has 1 fully saturated rings. The van der Waals surface area contributed by atoms with Gasteiger partial charge in [0.15, 0.2) is 0 Å². The Labute approximate surface area is 132 Å². The Bertz CT molecular complexity index is 746. The van der Waals surface area contributed by atoms with E-state index >= 15 is 0 Å². The van der Waals surface area contributed by atoms with Gasteiger partial charge in [0.25, 0.3) is 5.91 Å². The van der Waals surface area contributed by atoms with Gasteiger partial charge in [-0.05, 0) is 42.5 Å². The molecule has 1 N–H and O–H groups in total. The first-order valence-corrected chi connectivity index (χ1v) is 7.11. The van der Waals surface area contributed by atoms with Crippen molar-refractivity contribution in [2.45, 2.75) is 12.5 Å². The summed E-state index contributed by atoms with van der Waals surface area (Å²) in [6.07, 6.45) is 0.0291. The lowest BCUT2D eigenvalue weighted by Gasteiger charge is -2.16. The van der Waals surface area contributed by atoms with Crippen molar-refractivity contribution in [1.29, 1.82) is 0 Å². The van der Waals surface area contributed by atoms with Gasteiger partial charge in [-0.1, -0.05) is 6.07 Å². The molecule has 0 spiro atoms. The van der Waals surface area contributed by atoms with Crippen LogP contribution in [0.5, 0.6) is 5.75 Å². The molecule has 6 heteroatoms. The van der Waals surface area contributed by atoms with Crippen LogP contribution in [0.25, 0.3) is 0 Å². The largest absolute Gasteiger partial charge is 0.497 e. The first kappa shape index (κ1) is 15.0. The second-order valence-electron chi connectivity index (χ2n) is 5.18. The van der Waals surface area contributed by atoms with Gasteiger partial charge in [0, 0.05) is 5.69 Å². The molecular weight excluding hydrogens is 299 g/mol. The van der Waals surface area contributed by atoms with Crippen LogP contribution in [0, 0.1) is 5.82 Å². The molecule has 2 aromatic carbocycles. The van der Waals surface area contributed by atoms with Crippen molar-refractivity contribution >= 4 is 23.2 Å². The Morgan fingerprint density at radius 2 is 1.91 bits per heavy atom. The summed E-state index contributed by atoms with van der Waals surface area (Å²) in [4.78, 5) is 25.6. The fourth-order valence-electron chi connectivity index (χ4n) is 2.52. The summed E-state index contributed by atoms with van der Waals surface area (Å²) in [7, 11) is 1.57. The fraction of sp³-hybridized carbons (Fsp3) is 0.176. The maximum atomic E-state index is 13.3. The van der Waals surface area contributed by atoms with Gasteiger partial charge in [-0.15, -0.1) is 0 Å². The first-order chi connectivity index (χ1) is 11.1. The average molecular weight is 314 g/mol. The number of hydrogen-bond donors (Lipinski definition) is 1. The Balaban J connectivity index is 1.78. The third-order valence-corrected chi connectivity index (χ3v) is 3.64. The molecule has 1 aliphatic heterocycles. The standard InChI is InChI=1S/C17H15FN2O3/c1-23-14-7-5-12(6-8-14)19-15-10-16(21)20(17(15)22)13-4-2-3-11(18)9-13/h2-9,15,19H,10H2,1H3/t15-/m1/s1. The second kappa shape index (κ2) is 6.08. The molecule has 1 atom stereocenters. The van der Waals surface area contributed by atoms with Crippen molar-refractivity contribution in [1.82, 2.24) is 0 Å². The van der Waals surface area contributed by atoms with E-state index in [0.717, 1.165) is 4.90 Å². The maximum absolute atomic E-state index is 13.3. The quantitative estimate of drug-likeness (QED) is 0.881. The highest BCUT2D eigenvalue weighted by Gasteiger charge is 2.39. The zero-order valence-electron chi connectivity index (χ0n) is 12.5. The van der Waals surface area contributed by atoms with E-state index in [0.29, 0.717) is 11.4 Å². The van der Waals surface area contributed by atoms with Crippen molar-refractivity contribution < 1.29 is 18.7 Å². The van der Waals surface area contributed by atoms with Crippen molar-refractivity contribution in [3.8, 4) is 5.75 Å². The predicted molar refractivity (Wildman–Crippen MR) is 83.9 cm³/mol. The molecule has 2 amide bonds. The number of halogens is 1. The lowest BCUT2D eigenvalue weighted by atomic mass is 10.2. The van der Waals surface area contributed by atoms with E-state index < -0.39 is 17.8 Å². The molecule has 2 aromatic rings.